The van der Waals surface area contributed by atoms with Gasteiger partial charge < -0.3 is 5.32 Å². The molecule has 7 nitrogen and oxygen atoms in total. The molecule has 2 aliphatic heterocycles. The monoisotopic (exact) mass is 311 g/mol. The Bertz CT molecular complexity index is 649. The van der Waals surface area contributed by atoms with E-state index >= 15 is 0 Å². The summed E-state index contributed by atoms with van der Waals surface area (Å²) in [5.74, 6) is 0. The van der Waals surface area contributed by atoms with Gasteiger partial charge in [-0.3, -0.25) is 10.1 Å². The summed E-state index contributed by atoms with van der Waals surface area (Å²) in [6.45, 7) is 0. The van der Waals surface area contributed by atoms with Gasteiger partial charge in [-0.15, -0.1) is 0 Å². The number of nitro groups is 1. The molecule has 2 aliphatic rings. The van der Waals surface area contributed by atoms with E-state index < -0.39 is 14.9 Å². The molecule has 0 aromatic heterocycles. The topological polar surface area (TPSA) is 101 Å². The number of nitro benzene ring substituents is 1. The minimum absolute atomic E-state index is 0.0532. The van der Waals surface area contributed by atoms with Crippen molar-refractivity contribution in [1.82, 2.24) is 10.0 Å². The SMILES string of the molecule is O=[N+]([O-])c1cccc(S(=O)(=O)NC2CC3CCC(C2)N3)c1. The zero-order valence-corrected chi connectivity index (χ0v) is 12.2. The molecule has 1 aromatic rings. The molecular formula is C13H17N3O4S. The lowest BCUT2D eigenvalue weighted by molar-refractivity contribution is -0.385. The summed E-state index contributed by atoms with van der Waals surface area (Å²) in [7, 11) is -3.72. The highest BCUT2D eigenvalue weighted by Crippen LogP contribution is 2.28. The number of piperidine rings is 1. The summed E-state index contributed by atoms with van der Waals surface area (Å²) in [6, 6.07) is 5.79. The minimum Gasteiger partial charge on any atom is -0.311 e. The van der Waals surface area contributed by atoms with Gasteiger partial charge in [0.25, 0.3) is 5.69 Å². The molecule has 2 fully saturated rings. The van der Waals surface area contributed by atoms with Crippen LogP contribution in [0.15, 0.2) is 29.2 Å². The van der Waals surface area contributed by atoms with Crippen molar-refractivity contribution in [3.05, 3.63) is 34.4 Å². The number of benzene rings is 1. The number of nitrogens with one attached hydrogen (secondary N) is 2. The second-order valence-electron chi connectivity index (χ2n) is 5.68. The average Bonchev–Trinajstić information content (AvgIpc) is 2.77. The molecule has 2 bridgehead atoms. The van der Waals surface area contributed by atoms with Crippen molar-refractivity contribution in [1.29, 1.82) is 0 Å². The van der Waals surface area contributed by atoms with Crippen LogP contribution in [0.5, 0.6) is 0 Å². The van der Waals surface area contributed by atoms with E-state index in [-0.39, 0.29) is 16.6 Å². The standard InChI is InChI=1S/C13H17N3O4S/c17-16(18)12-2-1-3-13(8-12)21(19,20)15-11-6-9-4-5-10(7-11)14-9/h1-3,8-11,14-15H,4-7H2. The van der Waals surface area contributed by atoms with E-state index in [1.54, 1.807) is 0 Å². The van der Waals surface area contributed by atoms with Crippen LogP contribution in [0.25, 0.3) is 0 Å². The third-order valence-corrected chi connectivity index (χ3v) is 5.65. The summed E-state index contributed by atoms with van der Waals surface area (Å²) >= 11 is 0. The van der Waals surface area contributed by atoms with E-state index in [1.165, 1.54) is 18.2 Å². The average molecular weight is 311 g/mol. The first-order valence-corrected chi connectivity index (χ1v) is 8.45. The van der Waals surface area contributed by atoms with Crippen molar-refractivity contribution < 1.29 is 13.3 Å². The lowest BCUT2D eigenvalue weighted by atomic mass is 10.0. The van der Waals surface area contributed by atoms with Crippen LogP contribution in [0.1, 0.15) is 25.7 Å². The Labute approximate surface area is 122 Å². The van der Waals surface area contributed by atoms with E-state index in [0.29, 0.717) is 12.1 Å². The number of sulfonamides is 1. The van der Waals surface area contributed by atoms with Gasteiger partial charge in [0.1, 0.15) is 0 Å². The van der Waals surface area contributed by atoms with Crippen molar-refractivity contribution in [3.8, 4) is 0 Å². The first-order chi connectivity index (χ1) is 9.94. The van der Waals surface area contributed by atoms with Gasteiger partial charge in [0.05, 0.1) is 9.82 Å². The summed E-state index contributed by atoms with van der Waals surface area (Å²) < 4.78 is 27.4. The molecule has 1 aromatic carbocycles. The van der Waals surface area contributed by atoms with E-state index in [9.17, 15) is 18.5 Å². The van der Waals surface area contributed by atoms with E-state index in [4.69, 9.17) is 0 Å². The molecule has 3 rings (SSSR count). The van der Waals surface area contributed by atoms with Crippen LogP contribution < -0.4 is 10.0 Å². The summed E-state index contributed by atoms with van der Waals surface area (Å²) in [5, 5.41) is 14.2. The van der Waals surface area contributed by atoms with Gasteiger partial charge in [-0.25, -0.2) is 13.1 Å². The molecule has 0 saturated carbocycles. The van der Waals surface area contributed by atoms with Gasteiger partial charge in [-0.05, 0) is 31.7 Å². The number of fused-ring (bicyclic) bond motifs is 2. The van der Waals surface area contributed by atoms with Crippen LogP contribution in [0.2, 0.25) is 0 Å². The molecule has 114 valence electrons. The predicted molar refractivity (Wildman–Crippen MR) is 76.4 cm³/mol. The lowest BCUT2D eigenvalue weighted by Gasteiger charge is -2.29. The molecular weight excluding hydrogens is 294 g/mol. The molecule has 0 spiro atoms. The Morgan fingerprint density at radius 2 is 1.90 bits per heavy atom. The Kier molecular flexibility index (Phi) is 3.68. The third kappa shape index (κ3) is 3.07. The van der Waals surface area contributed by atoms with Gasteiger partial charge in [0, 0.05) is 30.3 Å². The summed E-state index contributed by atoms with van der Waals surface area (Å²) in [4.78, 5) is 10.1. The molecule has 2 heterocycles. The zero-order valence-electron chi connectivity index (χ0n) is 11.4. The van der Waals surface area contributed by atoms with Crippen LogP contribution in [-0.4, -0.2) is 31.5 Å². The fourth-order valence-corrected chi connectivity index (χ4v) is 4.51. The number of hydrogen-bond acceptors (Lipinski definition) is 5. The minimum atomic E-state index is -3.72. The highest BCUT2D eigenvalue weighted by atomic mass is 32.2. The number of nitrogens with zero attached hydrogens (tertiary/aromatic N) is 1. The quantitative estimate of drug-likeness (QED) is 0.642. The Morgan fingerprint density at radius 1 is 1.24 bits per heavy atom. The largest absolute Gasteiger partial charge is 0.311 e. The Balaban J connectivity index is 1.77. The fraction of sp³-hybridized carbons (Fsp3) is 0.538. The fourth-order valence-electron chi connectivity index (χ4n) is 3.21. The van der Waals surface area contributed by atoms with Crippen molar-refractivity contribution in [2.45, 2.75) is 48.7 Å². The normalized spacial score (nSPS) is 28.5. The van der Waals surface area contributed by atoms with E-state index in [0.717, 1.165) is 31.7 Å². The highest BCUT2D eigenvalue weighted by Gasteiger charge is 2.35. The molecule has 0 aliphatic carbocycles. The molecule has 2 unspecified atom stereocenters. The number of rotatable bonds is 4. The third-order valence-electron chi connectivity index (χ3n) is 4.13. The predicted octanol–water partition coefficient (Wildman–Crippen LogP) is 1.16. The molecule has 2 saturated heterocycles. The van der Waals surface area contributed by atoms with Crippen LogP contribution in [0.3, 0.4) is 0 Å². The van der Waals surface area contributed by atoms with Gasteiger partial charge in [0.15, 0.2) is 0 Å². The summed E-state index contributed by atoms with van der Waals surface area (Å²) in [6.07, 6.45) is 3.70. The van der Waals surface area contributed by atoms with Crippen molar-refractivity contribution in [2.75, 3.05) is 0 Å². The number of hydrogen-bond donors (Lipinski definition) is 2. The van der Waals surface area contributed by atoms with Crippen LogP contribution in [0.4, 0.5) is 5.69 Å². The van der Waals surface area contributed by atoms with Gasteiger partial charge >= 0.3 is 0 Å². The van der Waals surface area contributed by atoms with E-state index in [1.807, 2.05) is 0 Å². The Morgan fingerprint density at radius 3 is 2.52 bits per heavy atom. The lowest BCUT2D eigenvalue weighted by Crippen LogP contribution is -2.47. The van der Waals surface area contributed by atoms with Gasteiger partial charge in [-0.2, -0.15) is 0 Å². The Hall–Kier alpha value is -1.51. The van der Waals surface area contributed by atoms with E-state index in [2.05, 4.69) is 10.0 Å². The van der Waals surface area contributed by atoms with Crippen LogP contribution in [0, 0.1) is 10.1 Å². The summed E-state index contributed by atoms with van der Waals surface area (Å²) in [5.41, 5.74) is -0.219. The molecule has 2 atom stereocenters. The van der Waals surface area contributed by atoms with Gasteiger partial charge in [0.2, 0.25) is 10.0 Å². The van der Waals surface area contributed by atoms with Crippen LogP contribution in [-0.2, 0) is 10.0 Å². The van der Waals surface area contributed by atoms with Crippen LogP contribution >= 0.6 is 0 Å². The molecule has 2 N–H and O–H groups in total. The highest BCUT2D eigenvalue weighted by molar-refractivity contribution is 7.89. The molecule has 0 amide bonds. The maximum Gasteiger partial charge on any atom is 0.270 e. The first-order valence-electron chi connectivity index (χ1n) is 6.97. The van der Waals surface area contributed by atoms with Crippen molar-refractivity contribution in [2.24, 2.45) is 0 Å². The first kappa shape index (κ1) is 14.4. The van der Waals surface area contributed by atoms with Gasteiger partial charge in [-0.1, -0.05) is 6.07 Å². The molecule has 21 heavy (non-hydrogen) atoms. The second kappa shape index (κ2) is 5.36. The molecule has 8 heteroatoms. The van der Waals surface area contributed by atoms with Crippen molar-refractivity contribution in [3.63, 3.8) is 0 Å². The molecule has 0 radical (unpaired) electrons. The number of non-ortho nitro benzene ring substituents is 1. The maximum absolute atomic E-state index is 12.4. The zero-order chi connectivity index (χ0) is 15.0. The second-order valence-corrected chi connectivity index (χ2v) is 7.40. The maximum atomic E-state index is 12.4. The van der Waals surface area contributed by atoms with Crippen molar-refractivity contribution >= 4 is 15.7 Å². The smallest absolute Gasteiger partial charge is 0.270 e.